The highest BCUT2D eigenvalue weighted by Crippen LogP contribution is 2.32. The molecule has 130 valence electrons. The average Bonchev–Trinajstić information content (AvgIpc) is 3.24. The van der Waals surface area contributed by atoms with Gasteiger partial charge in [0.1, 0.15) is 11.3 Å². The molecule has 8 heteroatoms. The number of fused-ring (bicyclic) bond motifs is 1. The number of benzene rings is 1. The topological polar surface area (TPSA) is 91.5 Å². The Bertz CT molecular complexity index is 1100. The third-order valence-electron chi connectivity index (χ3n) is 3.93. The lowest BCUT2D eigenvalue weighted by Gasteiger charge is -2.04. The first-order valence-corrected chi connectivity index (χ1v) is 8.69. The smallest absolute Gasteiger partial charge is 0.274 e. The van der Waals surface area contributed by atoms with Crippen LogP contribution >= 0.6 is 11.3 Å². The van der Waals surface area contributed by atoms with E-state index in [-0.39, 0.29) is 0 Å². The molecule has 0 aliphatic heterocycles. The van der Waals surface area contributed by atoms with Gasteiger partial charge in [-0.3, -0.25) is 14.4 Å². The molecule has 3 heterocycles. The van der Waals surface area contributed by atoms with E-state index < -0.39 is 5.91 Å². The zero-order valence-electron chi connectivity index (χ0n) is 13.8. The molecule has 0 atom stereocenters. The fourth-order valence-corrected chi connectivity index (χ4v) is 3.56. The van der Waals surface area contributed by atoms with Gasteiger partial charge >= 0.3 is 0 Å². The summed E-state index contributed by atoms with van der Waals surface area (Å²) in [5, 5.41) is 12.7. The van der Waals surface area contributed by atoms with E-state index in [9.17, 15) is 4.79 Å². The fourth-order valence-electron chi connectivity index (χ4n) is 2.72. The van der Waals surface area contributed by atoms with Crippen molar-refractivity contribution in [1.82, 2.24) is 19.8 Å². The van der Waals surface area contributed by atoms with Crippen LogP contribution in [0, 0.1) is 6.92 Å². The molecular formula is C18H15N5O2S. The van der Waals surface area contributed by atoms with Gasteiger partial charge in [-0.1, -0.05) is 12.1 Å². The van der Waals surface area contributed by atoms with Crippen LogP contribution in [0.25, 0.3) is 17.0 Å². The Morgan fingerprint density at radius 2 is 2.12 bits per heavy atom. The van der Waals surface area contributed by atoms with E-state index in [1.807, 2.05) is 48.0 Å². The minimum atomic E-state index is -0.560. The normalized spacial score (nSPS) is 10.8. The maximum atomic E-state index is 11.5. The number of nitrogens with one attached hydrogen (secondary N) is 2. The van der Waals surface area contributed by atoms with Crippen LogP contribution in [0.4, 0.5) is 10.8 Å². The molecule has 0 fully saturated rings. The number of pyridine rings is 1. The Labute approximate surface area is 152 Å². The fraction of sp³-hybridized carbons (Fsp3) is 0.0556. The highest BCUT2D eigenvalue weighted by molar-refractivity contribution is 7.16. The van der Waals surface area contributed by atoms with Crippen molar-refractivity contribution in [2.45, 2.75) is 6.92 Å². The van der Waals surface area contributed by atoms with Gasteiger partial charge < -0.3 is 5.32 Å². The molecule has 0 unspecified atom stereocenters. The van der Waals surface area contributed by atoms with Crippen molar-refractivity contribution in [3.05, 3.63) is 65.3 Å². The molecule has 3 N–H and O–H groups in total. The number of anilines is 2. The van der Waals surface area contributed by atoms with Crippen LogP contribution in [0.3, 0.4) is 0 Å². The molecule has 0 saturated heterocycles. The van der Waals surface area contributed by atoms with E-state index in [1.165, 1.54) is 11.3 Å². The Balaban J connectivity index is 1.66. The second kappa shape index (κ2) is 6.58. The van der Waals surface area contributed by atoms with E-state index in [0.29, 0.717) is 16.4 Å². The number of nitrogens with zero attached hydrogens (tertiary/aromatic N) is 3. The Morgan fingerprint density at radius 1 is 1.23 bits per heavy atom. The van der Waals surface area contributed by atoms with Crippen molar-refractivity contribution in [2.75, 3.05) is 5.32 Å². The van der Waals surface area contributed by atoms with E-state index in [1.54, 1.807) is 23.7 Å². The van der Waals surface area contributed by atoms with Gasteiger partial charge in [0.2, 0.25) is 0 Å². The summed E-state index contributed by atoms with van der Waals surface area (Å²) in [7, 11) is 0. The van der Waals surface area contributed by atoms with Crippen LogP contribution in [0.2, 0.25) is 0 Å². The number of rotatable bonds is 4. The zero-order chi connectivity index (χ0) is 18.1. The molecule has 1 aromatic carbocycles. The van der Waals surface area contributed by atoms with Crippen LogP contribution in [-0.4, -0.2) is 25.5 Å². The van der Waals surface area contributed by atoms with Gasteiger partial charge in [-0.15, -0.1) is 11.3 Å². The molecule has 3 aromatic heterocycles. The lowest BCUT2D eigenvalue weighted by atomic mass is 10.2. The van der Waals surface area contributed by atoms with Gasteiger partial charge in [-0.05, 0) is 37.3 Å². The molecule has 1 amide bonds. The quantitative estimate of drug-likeness (QED) is 0.379. The van der Waals surface area contributed by atoms with Crippen molar-refractivity contribution in [1.29, 1.82) is 0 Å². The predicted molar refractivity (Wildman–Crippen MR) is 100 cm³/mol. The average molecular weight is 365 g/mol. The number of carbonyl (C=O) groups excluding carboxylic acids is 1. The van der Waals surface area contributed by atoms with Crippen LogP contribution in [0.1, 0.15) is 15.2 Å². The molecule has 0 aliphatic carbocycles. The number of aromatic nitrogens is 3. The van der Waals surface area contributed by atoms with Crippen molar-refractivity contribution in [2.24, 2.45) is 0 Å². The number of amides is 1. The maximum absolute atomic E-state index is 11.5. The summed E-state index contributed by atoms with van der Waals surface area (Å²) in [6, 6.07) is 12.7. The van der Waals surface area contributed by atoms with Gasteiger partial charge in [-0.2, -0.15) is 0 Å². The molecule has 0 radical (unpaired) electrons. The highest BCUT2D eigenvalue weighted by atomic mass is 32.1. The van der Waals surface area contributed by atoms with E-state index in [2.05, 4.69) is 15.3 Å². The Morgan fingerprint density at radius 3 is 2.96 bits per heavy atom. The standard InChI is InChI=1S/C18H15N5O2S/c1-11-16(14-10-19-15-7-2-3-8-23(14)15)21-18(26-11)20-13-6-4-5-12(9-13)17(24)22-25/h2-10,25H,1H3,(H,20,21)(H,22,24). The molecule has 7 nitrogen and oxygen atoms in total. The van der Waals surface area contributed by atoms with Gasteiger partial charge in [0.25, 0.3) is 5.91 Å². The van der Waals surface area contributed by atoms with Crippen molar-refractivity contribution in [3.8, 4) is 11.4 Å². The first-order chi connectivity index (χ1) is 12.7. The SMILES string of the molecule is Cc1sc(Nc2cccc(C(=O)NO)c2)nc1-c1cnc2ccccn12. The lowest BCUT2D eigenvalue weighted by Crippen LogP contribution is -2.18. The first kappa shape index (κ1) is 16.2. The van der Waals surface area contributed by atoms with Gasteiger partial charge in [0, 0.05) is 22.3 Å². The number of hydrogen-bond donors (Lipinski definition) is 3. The zero-order valence-corrected chi connectivity index (χ0v) is 14.6. The van der Waals surface area contributed by atoms with Gasteiger partial charge in [-0.25, -0.2) is 15.4 Å². The third kappa shape index (κ3) is 2.92. The molecule has 4 rings (SSSR count). The molecule has 0 bridgehead atoms. The van der Waals surface area contributed by atoms with Crippen LogP contribution in [0.5, 0.6) is 0 Å². The lowest BCUT2D eigenvalue weighted by molar-refractivity contribution is 0.0706. The van der Waals surface area contributed by atoms with Crippen molar-refractivity contribution >= 4 is 33.7 Å². The second-order valence-corrected chi connectivity index (χ2v) is 6.85. The number of aryl methyl sites for hydroxylation is 1. The molecule has 0 saturated carbocycles. The van der Waals surface area contributed by atoms with Gasteiger partial charge in [0.05, 0.1) is 11.9 Å². The molecule has 26 heavy (non-hydrogen) atoms. The van der Waals surface area contributed by atoms with Crippen molar-refractivity contribution < 1.29 is 10.0 Å². The summed E-state index contributed by atoms with van der Waals surface area (Å²) in [6.45, 7) is 2.01. The van der Waals surface area contributed by atoms with Crippen LogP contribution < -0.4 is 10.8 Å². The van der Waals surface area contributed by atoms with Gasteiger partial charge in [0.15, 0.2) is 5.13 Å². The number of hydrogen-bond acceptors (Lipinski definition) is 6. The number of carbonyl (C=O) groups is 1. The molecule has 0 spiro atoms. The number of hydroxylamine groups is 1. The van der Waals surface area contributed by atoms with E-state index in [4.69, 9.17) is 5.21 Å². The van der Waals surface area contributed by atoms with Crippen LogP contribution in [-0.2, 0) is 0 Å². The third-order valence-corrected chi connectivity index (χ3v) is 4.82. The summed E-state index contributed by atoms with van der Waals surface area (Å²) < 4.78 is 2.00. The number of imidazole rings is 1. The second-order valence-electron chi connectivity index (χ2n) is 5.64. The van der Waals surface area contributed by atoms with Crippen LogP contribution in [0.15, 0.2) is 54.9 Å². The largest absolute Gasteiger partial charge is 0.332 e. The molecule has 0 aliphatic rings. The monoisotopic (exact) mass is 365 g/mol. The predicted octanol–water partition coefficient (Wildman–Crippen LogP) is 3.63. The maximum Gasteiger partial charge on any atom is 0.274 e. The summed E-state index contributed by atoms with van der Waals surface area (Å²) in [5.41, 5.74) is 5.35. The van der Waals surface area contributed by atoms with E-state index in [0.717, 1.165) is 21.9 Å². The number of thiazole rings is 1. The Hall–Kier alpha value is -3.23. The minimum absolute atomic E-state index is 0.354. The molecular weight excluding hydrogens is 350 g/mol. The minimum Gasteiger partial charge on any atom is -0.332 e. The first-order valence-electron chi connectivity index (χ1n) is 7.87. The summed E-state index contributed by atoms with van der Waals surface area (Å²) in [5.74, 6) is -0.560. The highest BCUT2D eigenvalue weighted by Gasteiger charge is 2.14. The van der Waals surface area contributed by atoms with Crippen molar-refractivity contribution in [3.63, 3.8) is 0 Å². The summed E-state index contributed by atoms with van der Waals surface area (Å²) in [4.78, 5) is 21.7. The molecule has 4 aromatic rings. The summed E-state index contributed by atoms with van der Waals surface area (Å²) in [6.07, 6.45) is 3.77. The summed E-state index contributed by atoms with van der Waals surface area (Å²) >= 11 is 1.52. The van der Waals surface area contributed by atoms with E-state index >= 15 is 0 Å². The Kier molecular flexibility index (Phi) is 4.11.